The first-order chi connectivity index (χ1) is 14.9. The molecule has 0 bridgehead atoms. The van der Waals surface area contributed by atoms with Gasteiger partial charge in [-0.2, -0.15) is 0 Å². The zero-order valence-electron chi connectivity index (χ0n) is 16.5. The first-order valence-corrected chi connectivity index (χ1v) is 11.8. The summed E-state index contributed by atoms with van der Waals surface area (Å²) in [4.78, 5) is 20.4. The second kappa shape index (κ2) is 8.91. The van der Waals surface area contributed by atoms with Gasteiger partial charge >= 0.3 is 0 Å². The van der Waals surface area contributed by atoms with Crippen molar-refractivity contribution >= 4 is 44.1 Å². The molecule has 0 fully saturated rings. The van der Waals surface area contributed by atoms with Crippen LogP contribution < -0.4 is 5.32 Å². The highest BCUT2D eigenvalue weighted by Gasteiger charge is 2.15. The molecule has 0 atom stereocenters. The molecule has 2 N–H and O–H groups in total. The lowest BCUT2D eigenvalue weighted by Crippen LogP contribution is -2.14. The highest BCUT2D eigenvalue weighted by Crippen LogP contribution is 2.23. The number of hydrogen-bond acceptors (Lipinski definition) is 4. The summed E-state index contributed by atoms with van der Waals surface area (Å²) in [7, 11) is -3.45. The maximum Gasteiger partial charge on any atom is 0.224 e. The zero-order chi connectivity index (χ0) is 21.8. The number of carbonyl (C=O) groups excluding carboxylic acids is 1. The Hall–Kier alpha value is -3.16. The van der Waals surface area contributed by atoms with Crippen molar-refractivity contribution < 1.29 is 13.2 Å². The highest BCUT2D eigenvalue weighted by molar-refractivity contribution is 7.91. The molecule has 158 valence electrons. The Labute approximate surface area is 185 Å². The Balaban J connectivity index is 1.36. The molecule has 4 aromatic rings. The second-order valence-electron chi connectivity index (χ2n) is 7.11. The van der Waals surface area contributed by atoms with Crippen molar-refractivity contribution in [2.75, 3.05) is 11.1 Å². The molecule has 4 rings (SSSR count). The smallest absolute Gasteiger partial charge is 0.224 e. The van der Waals surface area contributed by atoms with Gasteiger partial charge in [0, 0.05) is 22.7 Å². The van der Waals surface area contributed by atoms with Crippen LogP contribution in [0.3, 0.4) is 0 Å². The number of halogens is 1. The molecule has 3 aromatic carbocycles. The lowest BCUT2D eigenvalue weighted by Gasteiger charge is -2.07. The molecule has 0 aliphatic carbocycles. The van der Waals surface area contributed by atoms with Gasteiger partial charge in [-0.1, -0.05) is 35.9 Å². The van der Waals surface area contributed by atoms with Gasteiger partial charge in [0.05, 0.1) is 21.7 Å². The van der Waals surface area contributed by atoms with E-state index in [9.17, 15) is 13.2 Å². The normalized spacial score (nSPS) is 11.5. The van der Waals surface area contributed by atoms with Gasteiger partial charge in [0.2, 0.25) is 5.91 Å². The average Bonchev–Trinajstić information content (AvgIpc) is 3.18. The average molecular weight is 454 g/mol. The number of para-hydroxylation sites is 2. The Morgan fingerprint density at radius 1 is 1.00 bits per heavy atom. The van der Waals surface area contributed by atoms with Gasteiger partial charge in [-0.3, -0.25) is 4.79 Å². The summed E-state index contributed by atoms with van der Waals surface area (Å²) < 4.78 is 24.7. The SMILES string of the molecule is O=C(CCCS(=O)(=O)c1ccc(Cl)cc1)Nc1cccc(-c2nc3ccccc3[nH]2)c1. The summed E-state index contributed by atoms with van der Waals surface area (Å²) in [6.07, 6.45) is 0.321. The topological polar surface area (TPSA) is 91.9 Å². The third-order valence-corrected chi connectivity index (χ3v) is 6.87. The molecule has 1 amide bonds. The third kappa shape index (κ3) is 5.13. The fraction of sp³-hybridized carbons (Fsp3) is 0.130. The minimum atomic E-state index is -3.45. The summed E-state index contributed by atoms with van der Waals surface area (Å²) in [5.74, 6) is 0.362. The second-order valence-corrected chi connectivity index (χ2v) is 9.65. The Morgan fingerprint density at radius 2 is 1.77 bits per heavy atom. The van der Waals surface area contributed by atoms with Gasteiger partial charge in [-0.25, -0.2) is 13.4 Å². The molecule has 0 aliphatic rings. The van der Waals surface area contributed by atoms with Crippen LogP contribution in [0.25, 0.3) is 22.4 Å². The summed E-state index contributed by atoms with van der Waals surface area (Å²) in [6, 6.07) is 21.1. The summed E-state index contributed by atoms with van der Waals surface area (Å²) in [5.41, 5.74) is 3.28. The zero-order valence-corrected chi connectivity index (χ0v) is 18.1. The molecule has 0 saturated carbocycles. The number of imidazole rings is 1. The van der Waals surface area contributed by atoms with E-state index in [-0.39, 0.29) is 29.4 Å². The first kappa shape index (κ1) is 21.1. The summed E-state index contributed by atoms with van der Waals surface area (Å²) in [6.45, 7) is 0. The molecular weight excluding hydrogens is 434 g/mol. The largest absolute Gasteiger partial charge is 0.338 e. The van der Waals surface area contributed by atoms with E-state index in [2.05, 4.69) is 15.3 Å². The monoisotopic (exact) mass is 453 g/mol. The third-order valence-electron chi connectivity index (χ3n) is 4.80. The Morgan fingerprint density at radius 3 is 2.55 bits per heavy atom. The van der Waals surface area contributed by atoms with Gasteiger partial charge in [-0.05, 0) is 55.0 Å². The van der Waals surface area contributed by atoms with Crippen molar-refractivity contribution in [3.05, 3.63) is 77.8 Å². The van der Waals surface area contributed by atoms with E-state index in [0.29, 0.717) is 16.5 Å². The van der Waals surface area contributed by atoms with E-state index in [4.69, 9.17) is 11.6 Å². The number of aromatic amines is 1. The summed E-state index contributed by atoms with van der Waals surface area (Å²) >= 11 is 5.80. The van der Waals surface area contributed by atoms with Crippen LogP contribution in [-0.2, 0) is 14.6 Å². The molecule has 0 aliphatic heterocycles. The number of benzene rings is 3. The molecule has 0 saturated heterocycles. The van der Waals surface area contributed by atoms with E-state index in [1.165, 1.54) is 24.3 Å². The fourth-order valence-electron chi connectivity index (χ4n) is 3.24. The predicted octanol–water partition coefficient (Wildman–Crippen LogP) is 5.08. The van der Waals surface area contributed by atoms with E-state index in [1.54, 1.807) is 6.07 Å². The van der Waals surface area contributed by atoms with E-state index in [0.717, 1.165) is 16.6 Å². The van der Waals surface area contributed by atoms with Gasteiger partial charge in [0.1, 0.15) is 5.82 Å². The summed E-state index contributed by atoms with van der Waals surface area (Å²) in [5, 5.41) is 3.30. The molecule has 0 unspecified atom stereocenters. The lowest BCUT2D eigenvalue weighted by molar-refractivity contribution is -0.116. The van der Waals surface area contributed by atoms with Crippen molar-refractivity contribution in [2.24, 2.45) is 0 Å². The van der Waals surface area contributed by atoms with Crippen LogP contribution in [0.5, 0.6) is 0 Å². The lowest BCUT2D eigenvalue weighted by atomic mass is 10.2. The number of carbonyl (C=O) groups is 1. The molecular formula is C23H20ClN3O3S. The number of nitrogens with one attached hydrogen (secondary N) is 2. The fourth-order valence-corrected chi connectivity index (χ4v) is 4.68. The van der Waals surface area contributed by atoms with Crippen LogP contribution in [0.15, 0.2) is 77.7 Å². The van der Waals surface area contributed by atoms with Crippen molar-refractivity contribution in [1.82, 2.24) is 9.97 Å². The molecule has 0 spiro atoms. The number of rotatable bonds is 7. The number of anilines is 1. The van der Waals surface area contributed by atoms with Crippen molar-refractivity contribution in [3.63, 3.8) is 0 Å². The van der Waals surface area contributed by atoms with Gasteiger partial charge in [0.25, 0.3) is 0 Å². The van der Waals surface area contributed by atoms with E-state index < -0.39 is 9.84 Å². The molecule has 1 aromatic heterocycles. The first-order valence-electron chi connectivity index (χ1n) is 9.74. The van der Waals surface area contributed by atoms with Gasteiger partial charge in [-0.15, -0.1) is 0 Å². The molecule has 1 heterocycles. The minimum absolute atomic E-state index is 0.0989. The van der Waals surface area contributed by atoms with E-state index >= 15 is 0 Å². The van der Waals surface area contributed by atoms with Crippen molar-refractivity contribution in [2.45, 2.75) is 17.7 Å². The van der Waals surface area contributed by atoms with Crippen LogP contribution in [-0.4, -0.2) is 30.0 Å². The molecule has 6 nitrogen and oxygen atoms in total. The maximum atomic E-state index is 12.4. The predicted molar refractivity (Wildman–Crippen MR) is 123 cm³/mol. The van der Waals surface area contributed by atoms with Crippen molar-refractivity contribution in [3.8, 4) is 11.4 Å². The number of nitrogens with zero attached hydrogens (tertiary/aromatic N) is 1. The van der Waals surface area contributed by atoms with Crippen molar-refractivity contribution in [1.29, 1.82) is 0 Å². The molecule has 8 heteroatoms. The number of amides is 1. The van der Waals surface area contributed by atoms with Crippen LogP contribution in [0, 0.1) is 0 Å². The highest BCUT2D eigenvalue weighted by atomic mass is 35.5. The quantitative estimate of drug-likeness (QED) is 0.408. The Bertz CT molecular complexity index is 1300. The number of sulfone groups is 1. The van der Waals surface area contributed by atoms with Crippen LogP contribution in [0.1, 0.15) is 12.8 Å². The standard InChI is InChI=1S/C23H20ClN3O3S/c24-17-10-12-19(13-11-17)31(29,30)14-4-9-22(28)25-18-6-3-5-16(15-18)23-26-20-7-1-2-8-21(20)27-23/h1-3,5-8,10-13,15H,4,9,14H2,(H,25,28)(H,26,27). The van der Waals surface area contributed by atoms with Crippen LogP contribution >= 0.6 is 11.6 Å². The van der Waals surface area contributed by atoms with Crippen LogP contribution in [0.2, 0.25) is 5.02 Å². The molecule has 0 radical (unpaired) electrons. The van der Waals surface area contributed by atoms with Crippen LogP contribution in [0.4, 0.5) is 5.69 Å². The van der Waals surface area contributed by atoms with E-state index in [1.807, 2.05) is 42.5 Å². The number of aromatic nitrogens is 2. The number of fused-ring (bicyclic) bond motifs is 1. The minimum Gasteiger partial charge on any atom is -0.338 e. The van der Waals surface area contributed by atoms with Gasteiger partial charge in [0.15, 0.2) is 9.84 Å². The number of hydrogen-bond donors (Lipinski definition) is 2. The maximum absolute atomic E-state index is 12.4. The molecule has 31 heavy (non-hydrogen) atoms. The Kier molecular flexibility index (Phi) is 6.06. The number of H-pyrrole nitrogens is 1. The van der Waals surface area contributed by atoms with Gasteiger partial charge < -0.3 is 10.3 Å².